The summed E-state index contributed by atoms with van der Waals surface area (Å²) in [4.78, 5) is 29.6. The number of hydrogen-bond donors (Lipinski definition) is 1. The highest BCUT2D eigenvalue weighted by Gasteiger charge is 2.24. The van der Waals surface area contributed by atoms with Crippen molar-refractivity contribution in [3.63, 3.8) is 0 Å². The van der Waals surface area contributed by atoms with Crippen LogP contribution in [0.2, 0.25) is 0 Å². The maximum Gasteiger partial charge on any atom is 0.409 e. The SMILES string of the molecule is CCOC(=O)N1CCC(NC(=O)CCc2nc(C)cs2)CC1. The molecule has 1 fully saturated rings. The van der Waals surface area contributed by atoms with Gasteiger partial charge in [-0.1, -0.05) is 0 Å². The second-order valence-corrected chi connectivity index (χ2v) is 6.35. The number of nitrogens with zero attached hydrogens (tertiary/aromatic N) is 2. The molecule has 6 nitrogen and oxygen atoms in total. The van der Waals surface area contributed by atoms with Gasteiger partial charge in [-0.2, -0.15) is 0 Å². The molecule has 0 spiro atoms. The van der Waals surface area contributed by atoms with Crippen molar-refractivity contribution in [2.75, 3.05) is 19.7 Å². The van der Waals surface area contributed by atoms with Crippen molar-refractivity contribution in [2.45, 2.75) is 45.6 Å². The molecule has 0 atom stereocenters. The van der Waals surface area contributed by atoms with E-state index in [2.05, 4.69) is 10.3 Å². The maximum atomic E-state index is 12.0. The summed E-state index contributed by atoms with van der Waals surface area (Å²) >= 11 is 1.60. The third kappa shape index (κ3) is 4.98. The Morgan fingerprint density at radius 3 is 2.77 bits per heavy atom. The van der Waals surface area contributed by atoms with Crippen LogP contribution in [0.3, 0.4) is 0 Å². The zero-order valence-electron chi connectivity index (χ0n) is 13.1. The zero-order valence-corrected chi connectivity index (χ0v) is 13.9. The number of hydrogen-bond acceptors (Lipinski definition) is 5. The third-order valence-electron chi connectivity index (χ3n) is 3.62. The van der Waals surface area contributed by atoms with Gasteiger partial charge in [-0.25, -0.2) is 9.78 Å². The molecule has 0 saturated carbocycles. The van der Waals surface area contributed by atoms with E-state index in [0.29, 0.717) is 32.5 Å². The van der Waals surface area contributed by atoms with E-state index in [1.54, 1.807) is 23.2 Å². The van der Waals surface area contributed by atoms with Crippen LogP contribution < -0.4 is 5.32 Å². The maximum absolute atomic E-state index is 12.0. The van der Waals surface area contributed by atoms with Crippen LogP contribution in [0.4, 0.5) is 4.79 Å². The molecule has 1 N–H and O–H groups in total. The predicted octanol–water partition coefficient (Wildman–Crippen LogP) is 2.12. The first-order chi connectivity index (χ1) is 10.6. The number of likely N-dealkylation sites (tertiary alicyclic amines) is 1. The van der Waals surface area contributed by atoms with E-state index in [1.165, 1.54) is 0 Å². The second-order valence-electron chi connectivity index (χ2n) is 5.41. The van der Waals surface area contributed by atoms with Gasteiger partial charge in [0, 0.05) is 43.0 Å². The van der Waals surface area contributed by atoms with Crippen molar-refractivity contribution in [3.05, 3.63) is 16.1 Å². The van der Waals surface area contributed by atoms with Gasteiger partial charge in [0.15, 0.2) is 0 Å². The van der Waals surface area contributed by atoms with Gasteiger partial charge in [0.25, 0.3) is 0 Å². The van der Waals surface area contributed by atoms with Crippen LogP contribution in [-0.2, 0) is 16.0 Å². The number of nitrogens with one attached hydrogen (secondary N) is 1. The van der Waals surface area contributed by atoms with Gasteiger partial charge in [0.05, 0.1) is 11.6 Å². The predicted molar refractivity (Wildman–Crippen MR) is 84.9 cm³/mol. The molecular weight excluding hydrogens is 302 g/mol. The Balaban J connectivity index is 1.67. The molecule has 0 radical (unpaired) electrons. The first-order valence-electron chi connectivity index (χ1n) is 7.70. The Hall–Kier alpha value is -1.63. The van der Waals surface area contributed by atoms with Gasteiger partial charge in [0.1, 0.15) is 0 Å². The molecule has 1 aliphatic rings. The van der Waals surface area contributed by atoms with Crippen LogP contribution in [-0.4, -0.2) is 47.6 Å². The van der Waals surface area contributed by atoms with Crippen molar-refractivity contribution in [2.24, 2.45) is 0 Å². The third-order valence-corrected chi connectivity index (χ3v) is 4.65. The molecule has 1 aromatic rings. The van der Waals surface area contributed by atoms with Crippen LogP contribution in [0.5, 0.6) is 0 Å². The van der Waals surface area contributed by atoms with Crippen LogP contribution in [0.1, 0.15) is 36.9 Å². The average molecular weight is 325 g/mol. The number of amides is 2. The average Bonchev–Trinajstić information content (AvgIpc) is 2.92. The lowest BCUT2D eigenvalue weighted by Gasteiger charge is -2.31. The monoisotopic (exact) mass is 325 g/mol. The van der Waals surface area contributed by atoms with E-state index in [-0.39, 0.29) is 18.0 Å². The van der Waals surface area contributed by atoms with Crippen molar-refractivity contribution in [3.8, 4) is 0 Å². The molecular formula is C15H23N3O3S. The van der Waals surface area contributed by atoms with Gasteiger partial charge in [-0.05, 0) is 26.7 Å². The van der Waals surface area contributed by atoms with E-state index >= 15 is 0 Å². The lowest BCUT2D eigenvalue weighted by Crippen LogP contribution is -2.46. The Morgan fingerprint density at radius 1 is 1.45 bits per heavy atom. The minimum Gasteiger partial charge on any atom is -0.450 e. The topological polar surface area (TPSA) is 71.5 Å². The molecule has 1 saturated heterocycles. The Labute approximate surface area is 134 Å². The second kappa shape index (κ2) is 8.12. The summed E-state index contributed by atoms with van der Waals surface area (Å²) in [6, 6.07) is 0.149. The fourth-order valence-electron chi connectivity index (χ4n) is 2.46. The molecule has 122 valence electrons. The summed E-state index contributed by atoms with van der Waals surface area (Å²) in [5.41, 5.74) is 1.01. The van der Waals surface area contributed by atoms with Gasteiger partial charge >= 0.3 is 6.09 Å². The molecule has 1 aliphatic heterocycles. The Bertz CT molecular complexity index is 510. The van der Waals surface area contributed by atoms with Gasteiger partial charge < -0.3 is 15.0 Å². The number of aromatic nitrogens is 1. The molecule has 2 amide bonds. The van der Waals surface area contributed by atoms with Crippen LogP contribution in [0, 0.1) is 6.92 Å². The number of piperidine rings is 1. The summed E-state index contributed by atoms with van der Waals surface area (Å²) in [5, 5.41) is 6.05. The highest BCUT2D eigenvalue weighted by atomic mass is 32.1. The standard InChI is InChI=1S/C15H23N3O3S/c1-3-21-15(20)18-8-6-12(7-9-18)17-13(19)4-5-14-16-11(2)10-22-14/h10,12H,3-9H2,1-2H3,(H,17,19). The van der Waals surface area contributed by atoms with E-state index in [1.807, 2.05) is 12.3 Å². The van der Waals surface area contributed by atoms with E-state index in [4.69, 9.17) is 4.74 Å². The number of ether oxygens (including phenoxy) is 1. The lowest BCUT2D eigenvalue weighted by molar-refractivity contribution is -0.122. The summed E-state index contributed by atoms with van der Waals surface area (Å²) in [6.45, 7) is 5.42. The van der Waals surface area contributed by atoms with E-state index in [0.717, 1.165) is 23.5 Å². The van der Waals surface area contributed by atoms with Crippen molar-refractivity contribution in [1.29, 1.82) is 0 Å². The largest absolute Gasteiger partial charge is 0.450 e. The summed E-state index contributed by atoms with van der Waals surface area (Å²) < 4.78 is 4.98. The number of carbonyl (C=O) groups excluding carboxylic acids is 2. The molecule has 0 aliphatic carbocycles. The molecule has 22 heavy (non-hydrogen) atoms. The normalized spacial score (nSPS) is 15.6. The van der Waals surface area contributed by atoms with E-state index in [9.17, 15) is 9.59 Å². The Morgan fingerprint density at radius 2 is 2.18 bits per heavy atom. The molecule has 7 heteroatoms. The van der Waals surface area contributed by atoms with Crippen LogP contribution in [0.15, 0.2) is 5.38 Å². The summed E-state index contributed by atoms with van der Waals surface area (Å²) in [7, 11) is 0. The molecule has 1 aromatic heterocycles. The van der Waals surface area contributed by atoms with Gasteiger partial charge in [-0.3, -0.25) is 4.79 Å². The highest BCUT2D eigenvalue weighted by Crippen LogP contribution is 2.13. The summed E-state index contributed by atoms with van der Waals surface area (Å²) in [6.07, 6.45) is 2.45. The zero-order chi connectivity index (χ0) is 15.9. The smallest absolute Gasteiger partial charge is 0.409 e. The highest BCUT2D eigenvalue weighted by molar-refractivity contribution is 7.09. The molecule has 2 heterocycles. The van der Waals surface area contributed by atoms with E-state index < -0.39 is 0 Å². The summed E-state index contributed by atoms with van der Waals surface area (Å²) in [5.74, 6) is 0.0578. The molecule has 0 aromatic carbocycles. The van der Waals surface area contributed by atoms with Crippen molar-refractivity contribution < 1.29 is 14.3 Å². The number of aryl methyl sites for hydroxylation is 2. The Kier molecular flexibility index (Phi) is 6.18. The first kappa shape index (κ1) is 16.7. The van der Waals surface area contributed by atoms with Gasteiger partial charge in [-0.15, -0.1) is 11.3 Å². The molecule has 2 rings (SSSR count). The van der Waals surface area contributed by atoms with Crippen molar-refractivity contribution >= 4 is 23.3 Å². The minimum absolute atomic E-state index is 0.0578. The fourth-order valence-corrected chi connectivity index (χ4v) is 3.23. The first-order valence-corrected chi connectivity index (χ1v) is 8.58. The van der Waals surface area contributed by atoms with Crippen LogP contribution in [0.25, 0.3) is 0 Å². The minimum atomic E-state index is -0.258. The lowest BCUT2D eigenvalue weighted by atomic mass is 10.1. The van der Waals surface area contributed by atoms with Crippen molar-refractivity contribution in [1.82, 2.24) is 15.2 Å². The van der Waals surface area contributed by atoms with Gasteiger partial charge in [0.2, 0.25) is 5.91 Å². The quantitative estimate of drug-likeness (QED) is 0.900. The number of carbonyl (C=O) groups is 2. The molecule has 0 unspecified atom stereocenters. The number of rotatable bonds is 5. The number of thiazole rings is 1. The van der Waals surface area contributed by atoms with Crippen LogP contribution >= 0.6 is 11.3 Å². The molecule has 0 bridgehead atoms. The fraction of sp³-hybridized carbons (Fsp3) is 0.667.